The monoisotopic (exact) mass is 401 g/mol. The van der Waals surface area contributed by atoms with Crippen LogP contribution in [0.25, 0.3) is 0 Å². The van der Waals surface area contributed by atoms with Crippen LogP contribution in [-0.2, 0) is 30.2 Å². The van der Waals surface area contributed by atoms with E-state index in [4.69, 9.17) is 0 Å². The Morgan fingerprint density at radius 1 is 1.12 bits per heavy atom. The second kappa shape index (κ2) is 5.02. The van der Waals surface area contributed by atoms with Crippen molar-refractivity contribution in [2.75, 3.05) is 0 Å². The van der Waals surface area contributed by atoms with E-state index in [0.717, 1.165) is 5.49 Å². The molecule has 0 bridgehead atoms. The van der Waals surface area contributed by atoms with Gasteiger partial charge in [0.15, 0.2) is 0 Å². The maximum atomic E-state index is 4.52. The van der Waals surface area contributed by atoms with Gasteiger partial charge < -0.3 is 0 Å². The van der Waals surface area contributed by atoms with Gasteiger partial charge in [-0.05, 0) is 0 Å². The summed E-state index contributed by atoms with van der Waals surface area (Å²) in [5.41, 5.74) is 3.56. The molecule has 0 radical (unpaired) electrons. The molecule has 0 saturated heterocycles. The first-order chi connectivity index (χ1) is 7.66. The second-order valence-corrected chi connectivity index (χ2v) is 7.09. The van der Waals surface area contributed by atoms with E-state index in [1.807, 2.05) is 10.7 Å². The summed E-state index contributed by atoms with van der Waals surface area (Å²) in [6, 6.07) is 2.25. The molecule has 0 spiro atoms. The molecular formula is C14H21N2W-. The fourth-order valence-electron chi connectivity index (χ4n) is 1.57. The van der Waals surface area contributed by atoms with Crippen molar-refractivity contribution in [2.45, 2.75) is 52.4 Å². The predicted molar refractivity (Wildman–Crippen MR) is 68.8 cm³/mol. The molecule has 0 saturated carbocycles. The molecule has 0 N–H and O–H groups in total. The van der Waals surface area contributed by atoms with Gasteiger partial charge >= 0.3 is 115 Å². The molecule has 1 rings (SSSR count). The van der Waals surface area contributed by atoms with Crippen LogP contribution in [0.15, 0.2) is 17.3 Å². The van der Waals surface area contributed by atoms with Crippen molar-refractivity contribution in [3.05, 3.63) is 28.9 Å². The predicted octanol–water partition coefficient (Wildman–Crippen LogP) is 2.45. The summed E-state index contributed by atoms with van der Waals surface area (Å²) < 4.78 is 1.88. The van der Waals surface area contributed by atoms with Crippen molar-refractivity contribution in [3.8, 4) is 0 Å². The Labute approximate surface area is 115 Å². The van der Waals surface area contributed by atoms with Crippen molar-refractivity contribution in [1.82, 2.24) is 4.98 Å². The van der Waals surface area contributed by atoms with Crippen LogP contribution in [0.5, 0.6) is 0 Å². The minimum atomic E-state index is 0.0748. The van der Waals surface area contributed by atoms with Crippen LogP contribution in [0.1, 0.15) is 52.7 Å². The van der Waals surface area contributed by atoms with Crippen molar-refractivity contribution in [2.24, 2.45) is 4.99 Å². The fraction of sp³-hybridized carbons (Fsp3) is 0.571. The summed E-state index contributed by atoms with van der Waals surface area (Å²) in [6.07, 6.45) is 1.95. The van der Waals surface area contributed by atoms with E-state index in [2.05, 4.69) is 57.6 Å². The van der Waals surface area contributed by atoms with Gasteiger partial charge in [0.25, 0.3) is 0 Å². The third-order valence-electron chi connectivity index (χ3n) is 2.72. The van der Waals surface area contributed by atoms with Crippen LogP contribution >= 0.6 is 0 Å². The van der Waals surface area contributed by atoms with E-state index in [9.17, 15) is 0 Å². The Balaban J connectivity index is 3.51. The molecular weight excluding hydrogens is 380 g/mol. The van der Waals surface area contributed by atoms with Crippen LogP contribution in [0.3, 0.4) is 0 Å². The average Bonchev–Trinajstić information content (AvgIpc) is 2.15. The van der Waals surface area contributed by atoms with Crippen molar-refractivity contribution in [1.29, 1.82) is 0 Å². The van der Waals surface area contributed by atoms with Crippen molar-refractivity contribution < 1.29 is 19.4 Å². The Morgan fingerprint density at radius 2 is 1.71 bits per heavy atom. The van der Waals surface area contributed by atoms with Gasteiger partial charge in [0.1, 0.15) is 0 Å². The topological polar surface area (TPSA) is 26.5 Å². The maximum absolute atomic E-state index is 4.52. The summed E-state index contributed by atoms with van der Waals surface area (Å²) in [7, 11) is 0. The summed E-state index contributed by atoms with van der Waals surface area (Å²) in [4.78, 5) is 8.91. The zero-order chi connectivity index (χ0) is 13.3. The van der Waals surface area contributed by atoms with E-state index < -0.39 is 0 Å². The van der Waals surface area contributed by atoms with Crippen LogP contribution in [0.2, 0.25) is 0 Å². The number of nitrogens with zero attached hydrogens (tertiary/aromatic N) is 2. The molecule has 1 aromatic rings. The molecule has 94 valence electrons. The molecule has 0 fully saturated rings. The summed E-state index contributed by atoms with van der Waals surface area (Å²) in [5, 5.41) is 0. The van der Waals surface area contributed by atoms with Crippen LogP contribution in [0, 0.1) is 0 Å². The molecule has 0 amide bonds. The van der Waals surface area contributed by atoms with E-state index in [1.165, 1.54) is 30.5 Å². The molecule has 0 aromatic carbocycles. The van der Waals surface area contributed by atoms with Crippen molar-refractivity contribution >= 4 is 4.52 Å². The number of rotatable bonds is 1. The Kier molecular flexibility index (Phi) is 4.30. The summed E-state index contributed by atoms with van der Waals surface area (Å²) >= 11 is 1.35. The molecule has 0 aliphatic carbocycles. The molecule has 1 aromatic heterocycles. The SMILES string of the molecule is CC(C)(C)c1c[n-]c(=N[CH]=[W])c(C(C)(C)C)c1. The number of hydrogen-bond acceptors (Lipinski definition) is 1. The molecule has 17 heavy (non-hydrogen) atoms. The van der Waals surface area contributed by atoms with Crippen LogP contribution in [-0.4, -0.2) is 4.52 Å². The van der Waals surface area contributed by atoms with Crippen LogP contribution in [0.4, 0.5) is 0 Å². The average molecular weight is 401 g/mol. The van der Waals surface area contributed by atoms with Gasteiger partial charge in [-0.1, -0.05) is 0 Å². The fourth-order valence-corrected chi connectivity index (χ4v) is 1.93. The van der Waals surface area contributed by atoms with Gasteiger partial charge in [-0.25, -0.2) is 0 Å². The standard InChI is InChI=1S/C14H21N2.W/c1-13(2,3)10-8-11(14(4,5)6)12(15-7)16-9-10;/h7-9H,1-6H3;/q-1;. The normalized spacial score (nSPS) is 13.9. The molecule has 2 nitrogen and oxygen atoms in total. The first-order valence-corrected chi connectivity index (χ1v) is 7.51. The molecule has 1 heterocycles. The second-order valence-electron chi connectivity index (χ2n) is 6.33. The summed E-state index contributed by atoms with van der Waals surface area (Å²) in [6.45, 7) is 13.3. The molecule has 0 aliphatic rings. The van der Waals surface area contributed by atoms with Gasteiger partial charge in [0.2, 0.25) is 0 Å². The molecule has 0 aliphatic heterocycles. The Bertz CT molecular complexity index is 470. The summed E-state index contributed by atoms with van der Waals surface area (Å²) in [5.74, 6) is 0. The van der Waals surface area contributed by atoms with Crippen LogP contribution < -0.4 is 10.5 Å². The van der Waals surface area contributed by atoms with E-state index in [0.29, 0.717) is 0 Å². The molecule has 3 heteroatoms. The first-order valence-electron chi connectivity index (χ1n) is 5.82. The Morgan fingerprint density at radius 3 is 2.12 bits per heavy atom. The number of hydrogen-bond donors (Lipinski definition) is 0. The van der Waals surface area contributed by atoms with E-state index in [-0.39, 0.29) is 10.8 Å². The van der Waals surface area contributed by atoms with Gasteiger partial charge in [-0.2, -0.15) is 0 Å². The van der Waals surface area contributed by atoms with E-state index >= 15 is 0 Å². The zero-order valence-electron chi connectivity index (χ0n) is 11.5. The zero-order valence-corrected chi connectivity index (χ0v) is 14.5. The third-order valence-corrected chi connectivity index (χ3v) is 3.09. The molecule has 0 unspecified atom stereocenters. The number of pyridine rings is 1. The Hall–Kier alpha value is -0.492. The number of aromatic nitrogens is 1. The van der Waals surface area contributed by atoms with Gasteiger partial charge in [-0.3, -0.25) is 0 Å². The quantitative estimate of drug-likeness (QED) is 0.711. The van der Waals surface area contributed by atoms with Gasteiger partial charge in [0, 0.05) is 0 Å². The van der Waals surface area contributed by atoms with Gasteiger partial charge in [0.05, 0.1) is 0 Å². The third kappa shape index (κ3) is 3.74. The van der Waals surface area contributed by atoms with Gasteiger partial charge in [-0.15, -0.1) is 0 Å². The van der Waals surface area contributed by atoms with Crippen molar-refractivity contribution in [3.63, 3.8) is 0 Å². The first kappa shape index (κ1) is 14.6. The minimum absolute atomic E-state index is 0.0748. The van der Waals surface area contributed by atoms with E-state index in [1.54, 1.807) is 0 Å². The molecule has 0 atom stereocenters.